The lowest BCUT2D eigenvalue weighted by Gasteiger charge is -2.13. The lowest BCUT2D eigenvalue weighted by atomic mass is 10.1. The standard InChI is InChI=1S/C17H25NO5/c1-12-7-8-13(2)15(10-12)23-9-5-4-6-16(19)18-14(11-22-3)17(20)21/h7-8,10,14H,4-6,9,11H2,1-3H3,(H,18,19)(H,20,21). The Balaban J connectivity index is 2.25. The predicted molar refractivity (Wildman–Crippen MR) is 86.7 cm³/mol. The Kier molecular flexibility index (Phi) is 8.11. The molecule has 0 aliphatic carbocycles. The first-order chi connectivity index (χ1) is 10.9. The number of hydrogen-bond donors (Lipinski definition) is 2. The molecule has 1 unspecified atom stereocenters. The Morgan fingerprint density at radius 2 is 2.00 bits per heavy atom. The van der Waals surface area contributed by atoms with Gasteiger partial charge in [0.15, 0.2) is 6.04 Å². The molecule has 0 heterocycles. The van der Waals surface area contributed by atoms with E-state index in [1.165, 1.54) is 7.11 Å². The Morgan fingerprint density at radius 1 is 1.26 bits per heavy atom. The maximum atomic E-state index is 11.7. The number of methoxy groups -OCH3 is 1. The van der Waals surface area contributed by atoms with Crippen molar-refractivity contribution in [1.82, 2.24) is 5.32 Å². The lowest BCUT2D eigenvalue weighted by Crippen LogP contribution is -2.43. The highest BCUT2D eigenvalue weighted by Crippen LogP contribution is 2.19. The van der Waals surface area contributed by atoms with E-state index in [-0.39, 0.29) is 18.9 Å². The fourth-order valence-electron chi connectivity index (χ4n) is 2.04. The van der Waals surface area contributed by atoms with Crippen molar-refractivity contribution in [2.24, 2.45) is 0 Å². The SMILES string of the molecule is COCC(NC(=O)CCCCOc1cc(C)ccc1C)C(=O)O. The second kappa shape index (κ2) is 9.84. The normalized spacial score (nSPS) is 11.8. The second-order valence-electron chi connectivity index (χ2n) is 5.49. The molecule has 0 fully saturated rings. The van der Waals surface area contributed by atoms with E-state index < -0.39 is 12.0 Å². The van der Waals surface area contributed by atoms with E-state index in [0.29, 0.717) is 13.0 Å². The van der Waals surface area contributed by atoms with Gasteiger partial charge in [-0.15, -0.1) is 0 Å². The van der Waals surface area contributed by atoms with Gasteiger partial charge in [-0.3, -0.25) is 4.79 Å². The van der Waals surface area contributed by atoms with Crippen LogP contribution in [-0.4, -0.2) is 43.3 Å². The van der Waals surface area contributed by atoms with Crippen molar-refractivity contribution in [1.29, 1.82) is 0 Å². The zero-order valence-corrected chi connectivity index (χ0v) is 13.9. The highest BCUT2D eigenvalue weighted by atomic mass is 16.5. The highest BCUT2D eigenvalue weighted by molar-refractivity contribution is 5.83. The summed E-state index contributed by atoms with van der Waals surface area (Å²) in [6.07, 6.45) is 1.63. The van der Waals surface area contributed by atoms with Gasteiger partial charge in [-0.2, -0.15) is 0 Å². The first-order valence-corrected chi connectivity index (χ1v) is 7.65. The topological polar surface area (TPSA) is 84.9 Å². The van der Waals surface area contributed by atoms with E-state index >= 15 is 0 Å². The molecule has 0 spiro atoms. The predicted octanol–water partition coefficient (Wildman–Crippen LogP) is 2.07. The van der Waals surface area contributed by atoms with E-state index in [1.807, 2.05) is 32.0 Å². The number of nitrogens with one attached hydrogen (secondary N) is 1. The van der Waals surface area contributed by atoms with Crippen LogP contribution >= 0.6 is 0 Å². The van der Waals surface area contributed by atoms with Crippen molar-refractivity contribution in [2.75, 3.05) is 20.3 Å². The van der Waals surface area contributed by atoms with Crippen LogP contribution in [0.3, 0.4) is 0 Å². The van der Waals surface area contributed by atoms with E-state index in [2.05, 4.69) is 5.32 Å². The molecule has 0 aliphatic rings. The van der Waals surface area contributed by atoms with Gasteiger partial charge < -0.3 is 19.9 Å². The number of carbonyl (C=O) groups excluding carboxylic acids is 1. The van der Waals surface area contributed by atoms with Crippen molar-refractivity contribution in [3.05, 3.63) is 29.3 Å². The van der Waals surface area contributed by atoms with Gasteiger partial charge in [0.1, 0.15) is 5.75 Å². The lowest BCUT2D eigenvalue weighted by molar-refractivity contribution is -0.143. The van der Waals surface area contributed by atoms with Gasteiger partial charge in [-0.25, -0.2) is 4.79 Å². The van der Waals surface area contributed by atoms with Crippen LogP contribution in [0.5, 0.6) is 5.75 Å². The van der Waals surface area contributed by atoms with Gasteiger partial charge in [0.25, 0.3) is 0 Å². The summed E-state index contributed by atoms with van der Waals surface area (Å²) in [7, 11) is 1.40. The molecule has 0 bridgehead atoms. The van der Waals surface area contributed by atoms with Gasteiger partial charge in [0.2, 0.25) is 5.91 Å². The molecule has 1 atom stereocenters. The smallest absolute Gasteiger partial charge is 0.328 e. The summed E-state index contributed by atoms with van der Waals surface area (Å²) in [5.41, 5.74) is 2.22. The first kappa shape index (κ1) is 19.0. The third-order valence-electron chi connectivity index (χ3n) is 3.37. The zero-order valence-electron chi connectivity index (χ0n) is 13.9. The molecule has 1 aromatic rings. The molecular formula is C17H25NO5. The van der Waals surface area contributed by atoms with Crippen LogP contribution in [0.15, 0.2) is 18.2 Å². The summed E-state index contributed by atoms with van der Waals surface area (Å²) < 4.78 is 10.5. The number of ether oxygens (including phenoxy) is 2. The van der Waals surface area contributed by atoms with Gasteiger partial charge in [0.05, 0.1) is 13.2 Å². The van der Waals surface area contributed by atoms with Crippen LogP contribution in [0.1, 0.15) is 30.4 Å². The van der Waals surface area contributed by atoms with Crippen molar-refractivity contribution in [2.45, 2.75) is 39.2 Å². The van der Waals surface area contributed by atoms with Gasteiger partial charge >= 0.3 is 5.97 Å². The molecule has 0 saturated carbocycles. The minimum absolute atomic E-state index is 0.0448. The fraction of sp³-hybridized carbons (Fsp3) is 0.529. The Labute approximate surface area is 136 Å². The van der Waals surface area contributed by atoms with Crippen LogP contribution < -0.4 is 10.1 Å². The summed E-state index contributed by atoms with van der Waals surface area (Å²) in [4.78, 5) is 22.6. The molecule has 1 aromatic carbocycles. The minimum Gasteiger partial charge on any atom is -0.493 e. The maximum absolute atomic E-state index is 11.7. The molecule has 1 rings (SSSR count). The minimum atomic E-state index is -1.10. The number of carbonyl (C=O) groups is 2. The number of carboxylic acid groups (broad SMARTS) is 1. The van der Waals surface area contributed by atoms with Gasteiger partial charge in [-0.1, -0.05) is 12.1 Å². The molecular weight excluding hydrogens is 298 g/mol. The molecule has 2 N–H and O–H groups in total. The molecule has 1 amide bonds. The molecule has 0 aliphatic heterocycles. The number of benzene rings is 1. The summed E-state index contributed by atoms with van der Waals surface area (Å²) in [6.45, 7) is 4.48. The van der Waals surface area contributed by atoms with E-state index in [9.17, 15) is 9.59 Å². The van der Waals surface area contributed by atoms with Crippen LogP contribution in [-0.2, 0) is 14.3 Å². The van der Waals surface area contributed by atoms with Crippen LogP contribution in [0, 0.1) is 13.8 Å². The van der Waals surface area contributed by atoms with Crippen LogP contribution in [0.2, 0.25) is 0 Å². The van der Waals surface area contributed by atoms with Crippen molar-refractivity contribution < 1.29 is 24.2 Å². The first-order valence-electron chi connectivity index (χ1n) is 7.65. The quantitative estimate of drug-likeness (QED) is 0.644. The monoisotopic (exact) mass is 323 g/mol. The fourth-order valence-corrected chi connectivity index (χ4v) is 2.04. The van der Waals surface area contributed by atoms with Crippen LogP contribution in [0.4, 0.5) is 0 Å². The van der Waals surface area contributed by atoms with Gasteiger partial charge in [-0.05, 0) is 43.9 Å². The number of rotatable bonds is 10. The largest absolute Gasteiger partial charge is 0.493 e. The number of amides is 1. The Hall–Kier alpha value is -2.08. The summed E-state index contributed by atoms with van der Waals surface area (Å²) in [5.74, 6) is -0.528. The Bertz CT molecular complexity index is 530. The average molecular weight is 323 g/mol. The third kappa shape index (κ3) is 7.15. The second-order valence-corrected chi connectivity index (χ2v) is 5.49. The number of aryl methyl sites for hydroxylation is 2. The molecule has 23 heavy (non-hydrogen) atoms. The number of hydrogen-bond acceptors (Lipinski definition) is 4. The van der Waals surface area contributed by atoms with Crippen molar-refractivity contribution in [3.8, 4) is 5.75 Å². The van der Waals surface area contributed by atoms with Crippen molar-refractivity contribution in [3.63, 3.8) is 0 Å². The number of aliphatic carboxylic acids is 1. The Morgan fingerprint density at radius 3 is 2.65 bits per heavy atom. The molecule has 6 nitrogen and oxygen atoms in total. The van der Waals surface area contributed by atoms with Crippen LogP contribution in [0.25, 0.3) is 0 Å². The summed E-state index contributed by atoms with van der Waals surface area (Å²) >= 11 is 0. The average Bonchev–Trinajstić information content (AvgIpc) is 2.49. The van der Waals surface area contributed by atoms with E-state index in [4.69, 9.17) is 14.6 Å². The summed E-state index contributed by atoms with van der Waals surface area (Å²) in [6, 6.07) is 5.04. The summed E-state index contributed by atoms with van der Waals surface area (Å²) in [5, 5.41) is 11.4. The maximum Gasteiger partial charge on any atom is 0.328 e. The molecule has 0 saturated heterocycles. The van der Waals surface area contributed by atoms with Gasteiger partial charge in [0, 0.05) is 13.5 Å². The molecule has 6 heteroatoms. The zero-order chi connectivity index (χ0) is 17.2. The highest BCUT2D eigenvalue weighted by Gasteiger charge is 2.19. The molecule has 128 valence electrons. The van der Waals surface area contributed by atoms with E-state index in [0.717, 1.165) is 23.3 Å². The third-order valence-corrected chi connectivity index (χ3v) is 3.37. The van der Waals surface area contributed by atoms with E-state index in [1.54, 1.807) is 0 Å². The number of carboxylic acids is 1. The molecule has 0 radical (unpaired) electrons. The van der Waals surface area contributed by atoms with Crippen molar-refractivity contribution >= 4 is 11.9 Å². The molecule has 0 aromatic heterocycles. The number of unbranched alkanes of at least 4 members (excludes halogenated alkanes) is 1.